The normalized spacial score (nSPS) is 15.4. The molecule has 1 atom stereocenters. The van der Waals surface area contributed by atoms with Crippen molar-refractivity contribution in [3.63, 3.8) is 0 Å². The maximum atomic E-state index is 12.3. The van der Waals surface area contributed by atoms with Crippen LogP contribution in [0, 0.1) is 6.92 Å². The van der Waals surface area contributed by atoms with Crippen molar-refractivity contribution in [1.29, 1.82) is 0 Å². The maximum Gasteiger partial charge on any atom is 0.248 e. The van der Waals surface area contributed by atoms with Gasteiger partial charge in [0.1, 0.15) is 17.5 Å². The molecule has 0 saturated heterocycles. The molecule has 4 rings (SSSR count). The summed E-state index contributed by atoms with van der Waals surface area (Å²) in [6, 6.07) is 12.9. The van der Waals surface area contributed by atoms with Crippen LogP contribution in [0.2, 0.25) is 0 Å². The molecule has 8 nitrogen and oxygen atoms in total. The van der Waals surface area contributed by atoms with Crippen LogP contribution in [0.4, 0.5) is 5.95 Å². The summed E-state index contributed by atoms with van der Waals surface area (Å²) >= 11 is 0. The molecule has 1 amide bonds. The Hall–Kier alpha value is -3.81. The van der Waals surface area contributed by atoms with Gasteiger partial charge in [-0.1, -0.05) is 29.8 Å². The molecule has 154 valence electrons. The van der Waals surface area contributed by atoms with Crippen molar-refractivity contribution in [3.05, 3.63) is 64.9 Å². The van der Waals surface area contributed by atoms with Gasteiger partial charge in [-0.2, -0.15) is 4.98 Å². The van der Waals surface area contributed by atoms with Crippen molar-refractivity contribution in [2.45, 2.75) is 19.9 Å². The lowest BCUT2D eigenvalue weighted by Gasteiger charge is -2.27. The average molecular weight is 405 g/mol. The van der Waals surface area contributed by atoms with E-state index in [2.05, 4.69) is 10.3 Å². The van der Waals surface area contributed by atoms with Crippen LogP contribution in [-0.2, 0) is 4.79 Å². The molecule has 1 aromatic heterocycles. The van der Waals surface area contributed by atoms with Gasteiger partial charge in [0, 0.05) is 17.3 Å². The van der Waals surface area contributed by atoms with E-state index in [1.807, 2.05) is 50.2 Å². The minimum absolute atomic E-state index is 0.452. The fourth-order valence-electron chi connectivity index (χ4n) is 3.68. The maximum absolute atomic E-state index is 12.3. The molecule has 0 aliphatic carbocycles. The third-order valence-corrected chi connectivity index (χ3v) is 5.09. The lowest BCUT2D eigenvalue weighted by atomic mass is 9.94. The summed E-state index contributed by atoms with van der Waals surface area (Å²) in [4.78, 5) is 17.0. The van der Waals surface area contributed by atoms with Gasteiger partial charge >= 0.3 is 0 Å². The largest absolute Gasteiger partial charge is 0.497 e. The standard InChI is InChI=1S/C22H23N5O3/c1-12-6-5-7-14(8-12)19-18(20(23)28)13(2)24-22-25-21(26-27(19)22)15-9-16(29-3)11-17(10-15)30-4/h5-11,19H,1-4H3,(H2,23,28)(H,24,25,26). The van der Waals surface area contributed by atoms with E-state index in [0.29, 0.717) is 34.5 Å². The zero-order valence-electron chi connectivity index (χ0n) is 17.3. The minimum Gasteiger partial charge on any atom is -0.497 e. The number of benzene rings is 2. The molecule has 3 aromatic rings. The van der Waals surface area contributed by atoms with E-state index < -0.39 is 11.9 Å². The monoisotopic (exact) mass is 405 g/mol. The number of nitrogens with one attached hydrogen (secondary N) is 1. The summed E-state index contributed by atoms with van der Waals surface area (Å²) in [6.45, 7) is 3.82. The number of carbonyl (C=O) groups excluding carboxylic acids is 1. The summed E-state index contributed by atoms with van der Waals surface area (Å²) in [5, 5.41) is 7.88. The Morgan fingerprint density at radius 1 is 1.10 bits per heavy atom. The van der Waals surface area contributed by atoms with Gasteiger partial charge in [-0.3, -0.25) is 4.79 Å². The molecule has 2 heterocycles. The number of hydrogen-bond donors (Lipinski definition) is 2. The molecule has 1 aliphatic rings. The number of aromatic nitrogens is 3. The highest BCUT2D eigenvalue weighted by Gasteiger charge is 2.33. The Bertz CT molecular complexity index is 1140. The van der Waals surface area contributed by atoms with Gasteiger partial charge in [-0.25, -0.2) is 4.68 Å². The summed E-state index contributed by atoms with van der Waals surface area (Å²) in [5.74, 6) is 1.77. The van der Waals surface area contributed by atoms with Gasteiger partial charge < -0.3 is 20.5 Å². The van der Waals surface area contributed by atoms with Gasteiger partial charge in [0.2, 0.25) is 11.9 Å². The van der Waals surface area contributed by atoms with E-state index in [0.717, 1.165) is 16.7 Å². The van der Waals surface area contributed by atoms with E-state index >= 15 is 0 Å². The third-order valence-electron chi connectivity index (χ3n) is 5.09. The van der Waals surface area contributed by atoms with E-state index in [4.69, 9.17) is 20.3 Å². The van der Waals surface area contributed by atoms with Gasteiger partial charge in [0.05, 0.1) is 19.8 Å². The van der Waals surface area contributed by atoms with Crippen molar-refractivity contribution in [3.8, 4) is 22.9 Å². The lowest BCUT2D eigenvalue weighted by molar-refractivity contribution is -0.115. The molecule has 0 bridgehead atoms. The fraction of sp³-hybridized carbons (Fsp3) is 0.227. The molecular weight excluding hydrogens is 382 g/mol. The smallest absolute Gasteiger partial charge is 0.248 e. The van der Waals surface area contributed by atoms with E-state index in [1.165, 1.54) is 0 Å². The van der Waals surface area contributed by atoms with Crippen LogP contribution in [-0.4, -0.2) is 34.9 Å². The second-order valence-corrected chi connectivity index (χ2v) is 7.15. The molecule has 8 heteroatoms. The molecule has 3 N–H and O–H groups in total. The molecule has 0 spiro atoms. The van der Waals surface area contributed by atoms with Gasteiger partial charge in [0.25, 0.3) is 0 Å². The topological polar surface area (TPSA) is 104 Å². The fourth-order valence-corrected chi connectivity index (χ4v) is 3.68. The summed E-state index contributed by atoms with van der Waals surface area (Å²) in [6.07, 6.45) is 0. The van der Waals surface area contributed by atoms with Crippen LogP contribution in [0.15, 0.2) is 53.7 Å². The molecule has 0 fully saturated rings. The van der Waals surface area contributed by atoms with Crippen molar-refractivity contribution in [2.24, 2.45) is 5.73 Å². The molecule has 2 aromatic carbocycles. The summed E-state index contributed by atoms with van der Waals surface area (Å²) < 4.78 is 12.4. The van der Waals surface area contributed by atoms with Crippen molar-refractivity contribution in [1.82, 2.24) is 14.8 Å². The van der Waals surface area contributed by atoms with Crippen LogP contribution >= 0.6 is 0 Å². The number of fused-ring (bicyclic) bond motifs is 1. The second kappa shape index (κ2) is 7.55. The molecule has 30 heavy (non-hydrogen) atoms. The highest BCUT2D eigenvalue weighted by atomic mass is 16.5. The van der Waals surface area contributed by atoms with E-state index in [-0.39, 0.29) is 0 Å². The molecular formula is C22H23N5O3. The predicted octanol–water partition coefficient (Wildman–Crippen LogP) is 3.04. The van der Waals surface area contributed by atoms with Gasteiger partial charge in [-0.15, -0.1) is 5.10 Å². The van der Waals surface area contributed by atoms with Crippen LogP contribution in [0.5, 0.6) is 11.5 Å². The average Bonchev–Trinajstić information content (AvgIpc) is 3.15. The Kier molecular flexibility index (Phi) is 4.91. The summed E-state index contributed by atoms with van der Waals surface area (Å²) in [5.41, 5.74) is 9.57. The number of allylic oxidation sites excluding steroid dienone is 1. The van der Waals surface area contributed by atoms with Gasteiger partial charge in [-0.05, 0) is 31.5 Å². The number of methoxy groups -OCH3 is 2. The zero-order valence-corrected chi connectivity index (χ0v) is 17.3. The highest BCUT2D eigenvalue weighted by Crippen LogP contribution is 2.37. The quantitative estimate of drug-likeness (QED) is 0.676. The number of nitrogens with two attached hydrogens (primary N) is 1. The molecule has 1 unspecified atom stereocenters. The molecule has 0 saturated carbocycles. The number of aryl methyl sites for hydroxylation is 1. The Morgan fingerprint density at radius 2 is 1.80 bits per heavy atom. The number of carbonyl (C=O) groups is 1. The number of amides is 1. The van der Waals surface area contributed by atoms with E-state index in [1.54, 1.807) is 25.0 Å². The van der Waals surface area contributed by atoms with Crippen molar-refractivity contribution < 1.29 is 14.3 Å². The lowest BCUT2D eigenvalue weighted by Crippen LogP contribution is -2.31. The first-order valence-electron chi connectivity index (χ1n) is 9.45. The second-order valence-electron chi connectivity index (χ2n) is 7.15. The SMILES string of the molecule is COc1cc(OC)cc(-c2nc3n(n2)C(c2cccc(C)c2)C(C(N)=O)=C(C)N3)c1. The van der Waals surface area contributed by atoms with Crippen molar-refractivity contribution >= 4 is 11.9 Å². The first-order chi connectivity index (χ1) is 14.4. The first-order valence-corrected chi connectivity index (χ1v) is 9.45. The van der Waals surface area contributed by atoms with E-state index in [9.17, 15) is 4.79 Å². The summed E-state index contributed by atoms with van der Waals surface area (Å²) in [7, 11) is 3.18. The molecule has 0 radical (unpaired) electrons. The number of hydrogen-bond acceptors (Lipinski definition) is 6. The Labute approximate surface area is 174 Å². The van der Waals surface area contributed by atoms with Crippen LogP contribution in [0.3, 0.4) is 0 Å². The zero-order chi connectivity index (χ0) is 21.4. The first kappa shape index (κ1) is 19.5. The number of anilines is 1. The number of nitrogens with zero attached hydrogens (tertiary/aromatic N) is 3. The minimum atomic E-state index is -0.503. The van der Waals surface area contributed by atoms with Gasteiger partial charge in [0.15, 0.2) is 5.82 Å². The van der Waals surface area contributed by atoms with Crippen LogP contribution in [0.25, 0.3) is 11.4 Å². The number of primary amides is 1. The highest BCUT2D eigenvalue weighted by molar-refractivity contribution is 5.95. The Morgan fingerprint density at radius 3 is 2.40 bits per heavy atom. The molecule has 1 aliphatic heterocycles. The Balaban J connectivity index is 1.88. The number of rotatable bonds is 5. The van der Waals surface area contributed by atoms with Crippen LogP contribution in [0.1, 0.15) is 24.1 Å². The third kappa shape index (κ3) is 3.36. The predicted molar refractivity (Wildman–Crippen MR) is 113 cm³/mol. The van der Waals surface area contributed by atoms with Crippen molar-refractivity contribution in [2.75, 3.05) is 19.5 Å². The van der Waals surface area contributed by atoms with Crippen LogP contribution < -0.4 is 20.5 Å². The number of ether oxygens (including phenoxy) is 2.